The molecule has 0 aliphatic carbocycles. The van der Waals surface area contributed by atoms with Crippen LogP contribution in [0.4, 0.5) is 11.4 Å². The van der Waals surface area contributed by atoms with Gasteiger partial charge in [-0.3, -0.25) is 14.9 Å². The van der Waals surface area contributed by atoms with Crippen LogP contribution in [0.2, 0.25) is 0 Å². The van der Waals surface area contributed by atoms with Crippen LogP contribution in [-0.2, 0) is 4.79 Å². The number of benzene rings is 1. The summed E-state index contributed by atoms with van der Waals surface area (Å²) in [6.45, 7) is 3.26. The fraction of sp³-hybridized carbons (Fsp3) is 0.500. The van der Waals surface area contributed by atoms with E-state index >= 15 is 0 Å². The summed E-state index contributed by atoms with van der Waals surface area (Å²) >= 11 is 0. The Hall–Kier alpha value is -2.11. The molecule has 0 unspecified atom stereocenters. The van der Waals surface area contributed by atoms with Gasteiger partial charge in [-0.05, 0) is 31.7 Å². The van der Waals surface area contributed by atoms with Gasteiger partial charge in [-0.1, -0.05) is 6.07 Å². The summed E-state index contributed by atoms with van der Waals surface area (Å²) in [5.41, 5.74) is 1.69. The van der Waals surface area contributed by atoms with Crippen molar-refractivity contribution in [1.82, 2.24) is 0 Å². The average molecular weight is 278 g/mol. The fourth-order valence-electron chi connectivity index (χ4n) is 2.78. The zero-order valence-corrected chi connectivity index (χ0v) is 11.4. The molecule has 1 aliphatic rings. The first-order valence-electron chi connectivity index (χ1n) is 6.69. The molecule has 1 saturated heterocycles. The number of aliphatic carboxylic acids is 1. The average Bonchev–Trinajstić information content (AvgIpc) is 2.39. The summed E-state index contributed by atoms with van der Waals surface area (Å²) in [4.78, 5) is 23.4. The van der Waals surface area contributed by atoms with Crippen molar-refractivity contribution in [3.63, 3.8) is 0 Å². The van der Waals surface area contributed by atoms with Gasteiger partial charge in [-0.25, -0.2) is 0 Å². The number of nitro benzene ring substituents is 1. The second kappa shape index (κ2) is 5.90. The lowest BCUT2D eigenvalue weighted by molar-refractivity contribution is -0.385. The molecule has 1 aromatic rings. The number of piperidine rings is 1. The number of carbonyl (C=O) groups is 1. The lowest BCUT2D eigenvalue weighted by Gasteiger charge is -2.33. The van der Waals surface area contributed by atoms with Crippen LogP contribution in [0.25, 0.3) is 0 Å². The molecule has 1 fully saturated rings. The van der Waals surface area contributed by atoms with E-state index in [2.05, 4.69) is 4.90 Å². The first-order chi connectivity index (χ1) is 9.49. The van der Waals surface area contributed by atoms with Crippen LogP contribution in [0.5, 0.6) is 0 Å². The van der Waals surface area contributed by atoms with Crippen LogP contribution >= 0.6 is 0 Å². The smallest absolute Gasteiger partial charge is 0.303 e. The fourth-order valence-corrected chi connectivity index (χ4v) is 2.78. The third-order valence-corrected chi connectivity index (χ3v) is 3.89. The predicted molar refractivity (Wildman–Crippen MR) is 75.0 cm³/mol. The number of carboxylic acid groups (broad SMARTS) is 1. The lowest BCUT2D eigenvalue weighted by atomic mass is 9.93. The highest BCUT2D eigenvalue weighted by atomic mass is 16.6. The highest BCUT2D eigenvalue weighted by Gasteiger charge is 2.24. The second-order valence-electron chi connectivity index (χ2n) is 5.21. The predicted octanol–water partition coefficient (Wildman–Crippen LogP) is 2.59. The third-order valence-electron chi connectivity index (χ3n) is 3.89. The van der Waals surface area contributed by atoms with Crippen LogP contribution in [-0.4, -0.2) is 29.1 Å². The molecule has 6 nitrogen and oxygen atoms in total. The van der Waals surface area contributed by atoms with Crippen molar-refractivity contribution in [2.45, 2.75) is 26.2 Å². The first-order valence-corrected chi connectivity index (χ1v) is 6.69. The molecule has 2 rings (SSSR count). The van der Waals surface area contributed by atoms with Crippen molar-refractivity contribution in [2.75, 3.05) is 18.0 Å². The van der Waals surface area contributed by atoms with E-state index in [-0.39, 0.29) is 22.9 Å². The van der Waals surface area contributed by atoms with Gasteiger partial charge in [0, 0.05) is 31.3 Å². The largest absolute Gasteiger partial charge is 0.481 e. The van der Waals surface area contributed by atoms with E-state index in [0.717, 1.165) is 31.6 Å². The van der Waals surface area contributed by atoms with Crippen molar-refractivity contribution in [3.05, 3.63) is 33.9 Å². The molecule has 1 N–H and O–H groups in total. The van der Waals surface area contributed by atoms with Crippen molar-refractivity contribution >= 4 is 17.3 Å². The van der Waals surface area contributed by atoms with E-state index in [1.807, 2.05) is 6.07 Å². The Bertz CT molecular complexity index is 522. The van der Waals surface area contributed by atoms with Gasteiger partial charge in [0.1, 0.15) is 0 Å². The van der Waals surface area contributed by atoms with Crippen LogP contribution in [0.1, 0.15) is 24.8 Å². The van der Waals surface area contributed by atoms with Gasteiger partial charge in [0.25, 0.3) is 5.69 Å². The number of carboxylic acids is 1. The molecule has 0 atom stereocenters. The Morgan fingerprint density at radius 2 is 2.10 bits per heavy atom. The molecule has 1 aromatic carbocycles. The van der Waals surface area contributed by atoms with Gasteiger partial charge in [-0.2, -0.15) is 0 Å². The summed E-state index contributed by atoms with van der Waals surface area (Å²) < 4.78 is 0. The first kappa shape index (κ1) is 14.3. The molecule has 1 aliphatic heterocycles. The molecule has 108 valence electrons. The van der Waals surface area contributed by atoms with E-state index < -0.39 is 5.97 Å². The van der Waals surface area contributed by atoms with E-state index in [0.29, 0.717) is 5.56 Å². The Kier molecular flexibility index (Phi) is 4.22. The van der Waals surface area contributed by atoms with Gasteiger partial charge in [0.05, 0.1) is 10.5 Å². The van der Waals surface area contributed by atoms with Crippen molar-refractivity contribution in [3.8, 4) is 0 Å². The third kappa shape index (κ3) is 3.07. The summed E-state index contributed by atoms with van der Waals surface area (Å²) in [6, 6.07) is 5.10. The van der Waals surface area contributed by atoms with Gasteiger partial charge < -0.3 is 10.0 Å². The normalized spacial score (nSPS) is 16.1. The monoisotopic (exact) mass is 278 g/mol. The number of nitro groups is 1. The van der Waals surface area contributed by atoms with Crippen LogP contribution in [0, 0.1) is 23.0 Å². The molecule has 0 radical (unpaired) electrons. The summed E-state index contributed by atoms with van der Waals surface area (Å²) in [7, 11) is 0. The number of hydrogen-bond acceptors (Lipinski definition) is 4. The molecular formula is C14H18N2O4. The molecule has 0 aromatic heterocycles. The van der Waals surface area contributed by atoms with E-state index in [9.17, 15) is 14.9 Å². The molecular weight excluding hydrogens is 260 g/mol. The minimum Gasteiger partial charge on any atom is -0.481 e. The Balaban J connectivity index is 2.09. The zero-order valence-electron chi connectivity index (χ0n) is 11.4. The van der Waals surface area contributed by atoms with Crippen molar-refractivity contribution in [2.24, 2.45) is 5.92 Å². The second-order valence-corrected chi connectivity index (χ2v) is 5.21. The number of hydrogen-bond donors (Lipinski definition) is 1. The van der Waals surface area contributed by atoms with Gasteiger partial charge >= 0.3 is 5.97 Å². The standard InChI is InChI=1S/C14H18N2O4/c1-10-12(3-2-4-13(10)16(19)20)15-7-5-11(6-8-15)9-14(17)18/h2-4,11H,5-9H2,1H3,(H,17,18). The topological polar surface area (TPSA) is 83.7 Å². The summed E-state index contributed by atoms with van der Waals surface area (Å²) in [5, 5.41) is 19.8. The maximum absolute atomic E-state index is 11.0. The molecule has 0 bridgehead atoms. The maximum Gasteiger partial charge on any atom is 0.303 e. The Morgan fingerprint density at radius 3 is 2.65 bits per heavy atom. The zero-order chi connectivity index (χ0) is 14.7. The highest BCUT2D eigenvalue weighted by Crippen LogP contribution is 2.31. The van der Waals surface area contributed by atoms with E-state index in [1.165, 1.54) is 6.07 Å². The lowest BCUT2D eigenvalue weighted by Crippen LogP contribution is -2.34. The highest BCUT2D eigenvalue weighted by molar-refractivity contribution is 5.67. The molecule has 20 heavy (non-hydrogen) atoms. The van der Waals surface area contributed by atoms with Gasteiger partial charge in [0.15, 0.2) is 0 Å². The van der Waals surface area contributed by atoms with Gasteiger partial charge in [-0.15, -0.1) is 0 Å². The molecule has 6 heteroatoms. The van der Waals surface area contributed by atoms with Crippen LogP contribution in [0.15, 0.2) is 18.2 Å². The minimum absolute atomic E-state index is 0.134. The molecule has 0 amide bonds. The minimum atomic E-state index is -0.755. The van der Waals surface area contributed by atoms with Crippen molar-refractivity contribution < 1.29 is 14.8 Å². The Labute approximate surface area is 117 Å². The SMILES string of the molecule is Cc1c(N2CCC(CC(=O)O)CC2)cccc1[N+](=O)[O-]. The molecule has 0 spiro atoms. The quantitative estimate of drug-likeness (QED) is 0.676. The van der Waals surface area contributed by atoms with Crippen molar-refractivity contribution in [1.29, 1.82) is 0 Å². The number of nitrogens with zero attached hydrogens (tertiary/aromatic N) is 2. The number of anilines is 1. The molecule has 0 saturated carbocycles. The number of rotatable bonds is 4. The van der Waals surface area contributed by atoms with E-state index in [1.54, 1.807) is 13.0 Å². The summed E-state index contributed by atoms with van der Waals surface area (Å²) in [5.74, 6) is -0.544. The molecule has 1 heterocycles. The Morgan fingerprint density at radius 1 is 1.45 bits per heavy atom. The van der Waals surface area contributed by atoms with E-state index in [4.69, 9.17) is 5.11 Å². The van der Waals surface area contributed by atoms with Crippen LogP contribution < -0.4 is 4.90 Å². The summed E-state index contributed by atoms with van der Waals surface area (Å²) in [6.07, 6.45) is 1.84. The van der Waals surface area contributed by atoms with Gasteiger partial charge in [0.2, 0.25) is 0 Å². The van der Waals surface area contributed by atoms with Crippen LogP contribution in [0.3, 0.4) is 0 Å². The maximum atomic E-state index is 11.0.